The molecule has 0 radical (unpaired) electrons. The summed E-state index contributed by atoms with van der Waals surface area (Å²) in [5, 5.41) is 10.6. The highest BCUT2D eigenvalue weighted by atomic mass is 32.1. The van der Waals surface area contributed by atoms with E-state index in [4.69, 9.17) is 4.52 Å². The van der Waals surface area contributed by atoms with Gasteiger partial charge in [-0.3, -0.25) is 9.78 Å². The quantitative estimate of drug-likeness (QED) is 0.804. The molecule has 0 aliphatic heterocycles. The number of amides is 1. The molecule has 0 aromatic carbocycles. The first-order valence-corrected chi connectivity index (χ1v) is 7.36. The number of thiophene rings is 1. The summed E-state index contributed by atoms with van der Waals surface area (Å²) in [5.74, 6) is 0.354. The molecule has 0 bridgehead atoms. The van der Waals surface area contributed by atoms with Crippen molar-refractivity contribution in [1.29, 1.82) is 0 Å². The van der Waals surface area contributed by atoms with Crippen LogP contribution in [0.2, 0.25) is 0 Å². The molecule has 21 heavy (non-hydrogen) atoms. The van der Waals surface area contributed by atoms with Crippen LogP contribution in [0.1, 0.15) is 21.8 Å². The van der Waals surface area contributed by atoms with E-state index in [1.54, 1.807) is 30.5 Å². The number of carbonyl (C=O) groups is 1. The van der Waals surface area contributed by atoms with Crippen LogP contribution in [-0.4, -0.2) is 16.0 Å². The average molecular weight is 299 g/mol. The van der Waals surface area contributed by atoms with Gasteiger partial charge in [-0.25, -0.2) is 0 Å². The van der Waals surface area contributed by atoms with E-state index in [1.165, 1.54) is 0 Å². The molecule has 0 unspecified atom stereocenters. The molecule has 0 spiro atoms. The third-order valence-corrected chi connectivity index (χ3v) is 3.67. The molecule has 0 atom stereocenters. The van der Waals surface area contributed by atoms with Gasteiger partial charge in [-0.1, -0.05) is 11.2 Å². The van der Waals surface area contributed by atoms with Crippen molar-refractivity contribution in [2.75, 3.05) is 0 Å². The smallest absolute Gasteiger partial charge is 0.273 e. The van der Waals surface area contributed by atoms with E-state index in [2.05, 4.69) is 15.5 Å². The minimum atomic E-state index is -0.257. The Morgan fingerprint density at radius 3 is 3.05 bits per heavy atom. The van der Waals surface area contributed by atoms with Gasteiger partial charge in [-0.2, -0.15) is 11.3 Å². The summed E-state index contributed by atoms with van der Waals surface area (Å²) in [4.78, 5) is 16.4. The van der Waals surface area contributed by atoms with Crippen LogP contribution < -0.4 is 5.32 Å². The van der Waals surface area contributed by atoms with Crippen LogP contribution in [0.5, 0.6) is 0 Å². The molecule has 3 aromatic heterocycles. The van der Waals surface area contributed by atoms with Gasteiger partial charge in [0.25, 0.3) is 5.91 Å². The normalized spacial score (nSPS) is 10.5. The van der Waals surface area contributed by atoms with E-state index < -0.39 is 0 Å². The van der Waals surface area contributed by atoms with E-state index >= 15 is 0 Å². The zero-order valence-corrected chi connectivity index (χ0v) is 12.2. The first kappa shape index (κ1) is 13.5. The lowest BCUT2D eigenvalue weighted by Crippen LogP contribution is -2.23. The summed E-state index contributed by atoms with van der Waals surface area (Å²) in [6.45, 7) is 2.14. The average Bonchev–Trinajstić information content (AvgIpc) is 3.16. The lowest BCUT2D eigenvalue weighted by Gasteiger charge is -2.07. The SMILES string of the molecule is Cc1cc(C(=O)NCc2cccnc2-c2ccsc2)no1. The van der Waals surface area contributed by atoms with Crippen molar-refractivity contribution in [3.63, 3.8) is 0 Å². The topological polar surface area (TPSA) is 68.0 Å². The number of nitrogens with zero attached hydrogens (tertiary/aromatic N) is 2. The van der Waals surface area contributed by atoms with Gasteiger partial charge >= 0.3 is 0 Å². The molecule has 5 nitrogen and oxygen atoms in total. The number of pyridine rings is 1. The Kier molecular flexibility index (Phi) is 3.79. The number of rotatable bonds is 4. The van der Waals surface area contributed by atoms with Crippen molar-refractivity contribution in [3.8, 4) is 11.3 Å². The Labute approximate surface area is 125 Å². The highest BCUT2D eigenvalue weighted by Gasteiger charge is 2.12. The molecule has 3 aromatic rings. The summed E-state index contributed by atoms with van der Waals surface area (Å²) in [7, 11) is 0. The molecule has 0 aliphatic carbocycles. The van der Waals surface area contributed by atoms with Gasteiger partial charge in [0, 0.05) is 29.8 Å². The van der Waals surface area contributed by atoms with Gasteiger partial charge < -0.3 is 9.84 Å². The van der Waals surface area contributed by atoms with Gasteiger partial charge in [0.15, 0.2) is 5.69 Å². The van der Waals surface area contributed by atoms with E-state index in [-0.39, 0.29) is 11.6 Å². The standard InChI is InChI=1S/C15H13N3O2S/c1-10-7-13(18-20-10)15(19)17-8-11-3-2-5-16-14(11)12-4-6-21-9-12/h2-7,9H,8H2,1H3,(H,17,19). The Hall–Kier alpha value is -2.47. The summed E-state index contributed by atoms with van der Waals surface area (Å²) in [6, 6.07) is 7.43. The van der Waals surface area contributed by atoms with Gasteiger partial charge in [-0.05, 0) is 30.0 Å². The Balaban J connectivity index is 1.75. The highest BCUT2D eigenvalue weighted by Crippen LogP contribution is 2.23. The number of hydrogen-bond acceptors (Lipinski definition) is 5. The van der Waals surface area contributed by atoms with Gasteiger partial charge in [-0.15, -0.1) is 0 Å². The summed E-state index contributed by atoms with van der Waals surface area (Å²) < 4.78 is 4.90. The Bertz CT molecular complexity index is 750. The summed E-state index contributed by atoms with van der Waals surface area (Å²) >= 11 is 1.62. The molecule has 1 N–H and O–H groups in total. The zero-order chi connectivity index (χ0) is 14.7. The fourth-order valence-electron chi connectivity index (χ4n) is 1.98. The largest absolute Gasteiger partial charge is 0.361 e. The van der Waals surface area contributed by atoms with Crippen molar-refractivity contribution in [2.45, 2.75) is 13.5 Å². The zero-order valence-electron chi connectivity index (χ0n) is 11.4. The molecule has 106 valence electrons. The van der Waals surface area contributed by atoms with Crippen LogP contribution in [-0.2, 0) is 6.54 Å². The molecule has 0 saturated heterocycles. The lowest BCUT2D eigenvalue weighted by atomic mass is 10.1. The second-order valence-electron chi connectivity index (χ2n) is 4.53. The molecule has 0 saturated carbocycles. The lowest BCUT2D eigenvalue weighted by molar-refractivity contribution is 0.0942. The number of aromatic nitrogens is 2. The molecule has 3 rings (SSSR count). The van der Waals surface area contributed by atoms with Crippen LogP contribution in [0.3, 0.4) is 0 Å². The highest BCUT2D eigenvalue weighted by molar-refractivity contribution is 7.08. The van der Waals surface area contributed by atoms with Crippen LogP contribution in [0, 0.1) is 6.92 Å². The second kappa shape index (κ2) is 5.88. The van der Waals surface area contributed by atoms with Crippen molar-refractivity contribution in [3.05, 3.63) is 58.2 Å². The fraction of sp³-hybridized carbons (Fsp3) is 0.133. The van der Waals surface area contributed by atoms with Crippen molar-refractivity contribution >= 4 is 17.2 Å². The number of carbonyl (C=O) groups excluding carboxylic acids is 1. The van der Waals surface area contributed by atoms with E-state index in [0.29, 0.717) is 12.3 Å². The maximum Gasteiger partial charge on any atom is 0.273 e. The van der Waals surface area contributed by atoms with Crippen molar-refractivity contribution in [2.24, 2.45) is 0 Å². The van der Waals surface area contributed by atoms with Crippen LogP contribution in [0.25, 0.3) is 11.3 Å². The monoisotopic (exact) mass is 299 g/mol. The molecule has 3 heterocycles. The minimum absolute atomic E-state index is 0.257. The van der Waals surface area contributed by atoms with E-state index in [0.717, 1.165) is 16.8 Å². The molecular weight excluding hydrogens is 286 g/mol. The third-order valence-electron chi connectivity index (χ3n) is 2.99. The molecule has 0 aliphatic rings. The predicted molar refractivity (Wildman–Crippen MR) is 80.0 cm³/mol. The first-order chi connectivity index (χ1) is 10.2. The number of nitrogens with one attached hydrogen (secondary N) is 1. The number of aryl methyl sites for hydroxylation is 1. The molecule has 0 fully saturated rings. The maximum atomic E-state index is 12.0. The van der Waals surface area contributed by atoms with Gasteiger partial charge in [0.1, 0.15) is 5.76 Å². The van der Waals surface area contributed by atoms with Crippen molar-refractivity contribution in [1.82, 2.24) is 15.5 Å². The second-order valence-corrected chi connectivity index (χ2v) is 5.31. The first-order valence-electron chi connectivity index (χ1n) is 6.42. The molecule has 1 amide bonds. The fourth-order valence-corrected chi connectivity index (χ4v) is 2.62. The maximum absolute atomic E-state index is 12.0. The Morgan fingerprint density at radius 1 is 1.43 bits per heavy atom. The van der Waals surface area contributed by atoms with Crippen LogP contribution >= 0.6 is 11.3 Å². The molecule has 6 heteroatoms. The minimum Gasteiger partial charge on any atom is -0.361 e. The summed E-state index contributed by atoms with van der Waals surface area (Å²) in [5.41, 5.74) is 3.19. The predicted octanol–water partition coefficient (Wildman–Crippen LogP) is 3.04. The van der Waals surface area contributed by atoms with E-state index in [1.807, 2.05) is 29.0 Å². The Morgan fingerprint density at radius 2 is 2.33 bits per heavy atom. The van der Waals surface area contributed by atoms with E-state index in [9.17, 15) is 4.79 Å². The van der Waals surface area contributed by atoms with Gasteiger partial charge in [0.05, 0.1) is 5.69 Å². The third kappa shape index (κ3) is 3.00. The van der Waals surface area contributed by atoms with Crippen molar-refractivity contribution < 1.29 is 9.32 Å². The van der Waals surface area contributed by atoms with Gasteiger partial charge in [0.2, 0.25) is 0 Å². The van der Waals surface area contributed by atoms with Crippen LogP contribution in [0.4, 0.5) is 0 Å². The van der Waals surface area contributed by atoms with Crippen LogP contribution in [0.15, 0.2) is 45.7 Å². The molecular formula is C15H13N3O2S. The summed E-state index contributed by atoms with van der Waals surface area (Å²) in [6.07, 6.45) is 1.75. The number of hydrogen-bond donors (Lipinski definition) is 1.